The number of carboxylic acid groups (broad SMARTS) is 1. The van der Waals surface area contributed by atoms with E-state index in [9.17, 15) is 9.59 Å². The zero-order chi connectivity index (χ0) is 15.2. The van der Waals surface area contributed by atoms with E-state index in [1.165, 1.54) is 24.4 Å². The Labute approximate surface area is 126 Å². The number of nitrogens with one attached hydrogen (secondary N) is 1. The molecule has 1 amide bonds. The van der Waals surface area contributed by atoms with Gasteiger partial charge in [0.2, 0.25) is 0 Å². The molecular weight excluding hydrogens is 290 g/mol. The number of carbonyl (C=O) groups excluding carboxylic acids is 1. The van der Waals surface area contributed by atoms with E-state index in [4.69, 9.17) is 16.7 Å². The summed E-state index contributed by atoms with van der Waals surface area (Å²) in [6.07, 6.45) is 3.14. The van der Waals surface area contributed by atoms with Crippen LogP contribution < -0.4 is 5.32 Å². The third kappa shape index (κ3) is 3.94. The summed E-state index contributed by atoms with van der Waals surface area (Å²) < 4.78 is 0. The van der Waals surface area contributed by atoms with Crippen LogP contribution in [-0.2, 0) is 0 Å². The molecule has 0 spiro atoms. The molecule has 2 rings (SSSR count). The van der Waals surface area contributed by atoms with E-state index in [0.717, 1.165) is 5.56 Å². The van der Waals surface area contributed by atoms with E-state index < -0.39 is 5.97 Å². The van der Waals surface area contributed by atoms with Crippen molar-refractivity contribution in [1.29, 1.82) is 0 Å². The molecule has 0 aromatic heterocycles. The van der Waals surface area contributed by atoms with Crippen molar-refractivity contribution < 1.29 is 14.7 Å². The second-order valence-electron chi connectivity index (χ2n) is 4.21. The summed E-state index contributed by atoms with van der Waals surface area (Å²) in [5.41, 5.74) is 1.12. The summed E-state index contributed by atoms with van der Waals surface area (Å²) >= 11 is 5.98. The monoisotopic (exact) mass is 301 g/mol. The summed E-state index contributed by atoms with van der Waals surface area (Å²) in [7, 11) is 0. The van der Waals surface area contributed by atoms with Gasteiger partial charge in [-0.15, -0.1) is 0 Å². The van der Waals surface area contributed by atoms with Crippen LogP contribution in [0.25, 0.3) is 6.08 Å². The van der Waals surface area contributed by atoms with Gasteiger partial charge >= 0.3 is 5.97 Å². The Morgan fingerprint density at radius 1 is 1.05 bits per heavy atom. The van der Waals surface area contributed by atoms with Gasteiger partial charge in [-0.25, -0.2) is 4.79 Å². The number of amides is 1. The van der Waals surface area contributed by atoms with Crippen LogP contribution in [0.1, 0.15) is 26.3 Å². The standard InChI is InChI=1S/C16H12ClNO3/c17-14-7-2-1-4-11(14)8-9-18-15(19)12-5-3-6-13(10-12)16(20)21/h1-10H,(H,18,19)(H,20,21)/b9-8+. The maximum Gasteiger partial charge on any atom is 0.335 e. The van der Waals surface area contributed by atoms with Crippen LogP contribution in [0, 0.1) is 0 Å². The first-order chi connectivity index (χ1) is 10.1. The highest BCUT2D eigenvalue weighted by Crippen LogP contribution is 2.15. The number of rotatable bonds is 4. The average Bonchev–Trinajstić information content (AvgIpc) is 2.49. The molecular formula is C16H12ClNO3. The fourth-order valence-corrected chi connectivity index (χ4v) is 1.89. The number of carboxylic acids is 1. The van der Waals surface area contributed by atoms with Crippen molar-refractivity contribution in [1.82, 2.24) is 5.32 Å². The van der Waals surface area contributed by atoms with Crippen LogP contribution in [0.4, 0.5) is 0 Å². The number of benzene rings is 2. The number of halogens is 1. The van der Waals surface area contributed by atoms with Crippen LogP contribution in [0.15, 0.2) is 54.7 Å². The molecule has 21 heavy (non-hydrogen) atoms. The van der Waals surface area contributed by atoms with E-state index >= 15 is 0 Å². The Morgan fingerprint density at radius 2 is 1.76 bits per heavy atom. The Balaban J connectivity index is 2.07. The third-order valence-corrected chi connectivity index (χ3v) is 3.10. The summed E-state index contributed by atoms with van der Waals surface area (Å²) in [5, 5.41) is 12.0. The first-order valence-electron chi connectivity index (χ1n) is 6.13. The van der Waals surface area contributed by atoms with Crippen LogP contribution in [0.2, 0.25) is 5.02 Å². The van der Waals surface area contributed by atoms with Crippen LogP contribution in [0.5, 0.6) is 0 Å². The Kier molecular flexibility index (Phi) is 4.74. The summed E-state index contributed by atoms with van der Waals surface area (Å²) in [4.78, 5) is 22.8. The van der Waals surface area contributed by atoms with Crippen molar-refractivity contribution in [2.75, 3.05) is 0 Å². The molecule has 106 valence electrons. The van der Waals surface area contributed by atoms with Gasteiger partial charge in [0.05, 0.1) is 5.56 Å². The minimum Gasteiger partial charge on any atom is -0.478 e. The summed E-state index contributed by atoms with van der Waals surface area (Å²) in [6, 6.07) is 13.0. The molecule has 0 aliphatic rings. The highest BCUT2D eigenvalue weighted by molar-refractivity contribution is 6.32. The van der Waals surface area contributed by atoms with Crippen LogP contribution in [-0.4, -0.2) is 17.0 Å². The molecule has 0 fully saturated rings. The van der Waals surface area contributed by atoms with E-state index in [1.807, 2.05) is 18.2 Å². The molecule has 0 aliphatic carbocycles. The lowest BCUT2D eigenvalue weighted by Crippen LogP contribution is -2.17. The number of hydrogen-bond acceptors (Lipinski definition) is 2. The smallest absolute Gasteiger partial charge is 0.335 e. The molecule has 4 nitrogen and oxygen atoms in total. The molecule has 0 bridgehead atoms. The molecule has 2 N–H and O–H groups in total. The molecule has 0 saturated carbocycles. The van der Waals surface area contributed by atoms with Crippen molar-refractivity contribution in [3.05, 3.63) is 76.4 Å². The second-order valence-corrected chi connectivity index (χ2v) is 4.62. The lowest BCUT2D eigenvalue weighted by Gasteiger charge is -2.02. The maximum atomic E-state index is 11.9. The third-order valence-electron chi connectivity index (χ3n) is 2.75. The zero-order valence-electron chi connectivity index (χ0n) is 10.9. The van der Waals surface area contributed by atoms with Crippen molar-refractivity contribution in [2.24, 2.45) is 0 Å². The second kappa shape index (κ2) is 6.72. The number of carbonyl (C=O) groups is 2. The maximum absolute atomic E-state index is 11.9. The molecule has 0 aliphatic heterocycles. The minimum absolute atomic E-state index is 0.0673. The van der Waals surface area contributed by atoms with Gasteiger partial charge in [0.1, 0.15) is 0 Å². The van der Waals surface area contributed by atoms with Gasteiger partial charge in [0.25, 0.3) is 5.91 Å². The van der Waals surface area contributed by atoms with Gasteiger partial charge in [-0.05, 0) is 35.9 Å². The van der Waals surface area contributed by atoms with E-state index in [-0.39, 0.29) is 17.0 Å². The predicted octanol–water partition coefficient (Wildman–Crippen LogP) is 3.44. The Morgan fingerprint density at radius 3 is 2.48 bits per heavy atom. The van der Waals surface area contributed by atoms with Gasteiger partial charge in [0, 0.05) is 16.8 Å². The average molecular weight is 302 g/mol. The van der Waals surface area contributed by atoms with Gasteiger partial charge in [-0.1, -0.05) is 35.9 Å². The van der Waals surface area contributed by atoms with Gasteiger partial charge < -0.3 is 10.4 Å². The van der Waals surface area contributed by atoms with E-state index in [2.05, 4.69) is 5.32 Å². The van der Waals surface area contributed by atoms with E-state index in [0.29, 0.717) is 5.02 Å². The number of hydrogen-bond donors (Lipinski definition) is 2. The summed E-state index contributed by atoms with van der Waals surface area (Å²) in [5.74, 6) is -1.46. The normalized spacial score (nSPS) is 10.5. The van der Waals surface area contributed by atoms with Gasteiger partial charge in [-0.3, -0.25) is 4.79 Å². The lowest BCUT2D eigenvalue weighted by molar-refractivity contribution is 0.0697. The summed E-state index contributed by atoms with van der Waals surface area (Å²) in [6.45, 7) is 0. The lowest BCUT2D eigenvalue weighted by atomic mass is 10.1. The van der Waals surface area contributed by atoms with Gasteiger partial charge in [0.15, 0.2) is 0 Å². The fraction of sp³-hybridized carbons (Fsp3) is 0. The molecule has 0 heterocycles. The molecule has 0 atom stereocenters. The van der Waals surface area contributed by atoms with Crippen LogP contribution >= 0.6 is 11.6 Å². The van der Waals surface area contributed by atoms with E-state index in [1.54, 1.807) is 18.2 Å². The predicted molar refractivity (Wildman–Crippen MR) is 81.4 cm³/mol. The minimum atomic E-state index is -1.07. The molecule has 5 heteroatoms. The van der Waals surface area contributed by atoms with Crippen molar-refractivity contribution in [3.63, 3.8) is 0 Å². The first kappa shape index (κ1) is 14.8. The Bertz CT molecular complexity index is 710. The SMILES string of the molecule is O=C(O)c1cccc(C(=O)N/C=C/c2ccccc2Cl)c1. The van der Waals surface area contributed by atoms with Gasteiger partial charge in [-0.2, -0.15) is 0 Å². The topological polar surface area (TPSA) is 66.4 Å². The van der Waals surface area contributed by atoms with Crippen molar-refractivity contribution >= 4 is 29.6 Å². The zero-order valence-corrected chi connectivity index (χ0v) is 11.7. The highest BCUT2D eigenvalue weighted by atomic mass is 35.5. The largest absolute Gasteiger partial charge is 0.478 e. The quantitative estimate of drug-likeness (QED) is 0.909. The molecule has 0 unspecified atom stereocenters. The molecule has 2 aromatic carbocycles. The first-order valence-corrected chi connectivity index (χ1v) is 6.51. The highest BCUT2D eigenvalue weighted by Gasteiger charge is 2.08. The number of aromatic carboxylic acids is 1. The molecule has 0 saturated heterocycles. The fourth-order valence-electron chi connectivity index (χ4n) is 1.69. The van der Waals surface area contributed by atoms with Crippen molar-refractivity contribution in [2.45, 2.75) is 0 Å². The Hall–Kier alpha value is -2.59. The molecule has 0 radical (unpaired) electrons. The molecule has 2 aromatic rings. The van der Waals surface area contributed by atoms with Crippen molar-refractivity contribution in [3.8, 4) is 0 Å². The van der Waals surface area contributed by atoms with Crippen LogP contribution in [0.3, 0.4) is 0 Å².